The summed E-state index contributed by atoms with van der Waals surface area (Å²) in [5.41, 5.74) is 1.14. The predicted octanol–water partition coefficient (Wildman–Crippen LogP) is 3.72. The van der Waals surface area contributed by atoms with Crippen molar-refractivity contribution in [2.24, 2.45) is 0 Å². The molecule has 2 rings (SSSR count). The van der Waals surface area contributed by atoms with E-state index in [0.29, 0.717) is 5.82 Å². The van der Waals surface area contributed by atoms with E-state index >= 15 is 0 Å². The van der Waals surface area contributed by atoms with Crippen LogP contribution in [0.1, 0.15) is 29.0 Å². The minimum Gasteiger partial charge on any atom is -0.477 e. The molecule has 19 heavy (non-hydrogen) atoms. The summed E-state index contributed by atoms with van der Waals surface area (Å²) in [6.07, 6.45) is 0. The van der Waals surface area contributed by atoms with Crippen molar-refractivity contribution >= 4 is 27.7 Å². The summed E-state index contributed by atoms with van der Waals surface area (Å²) in [6.45, 7) is 2.00. The Balaban J connectivity index is 2.14. The Bertz CT molecular complexity index is 584. The lowest BCUT2D eigenvalue weighted by Crippen LogP contribution is -2.09. The summed E-state index contributed by atoms with van der Waals surface area (Å²) in [4.78, 5) is 14.9. The molecule has 0 fully saturated rings. The summed E-state index contributed by atoms with van der Waals surface area (Å²) in [6, 6.07) is 12.9. The van der Waals surface area contributed by atoms with Gasteiger partial charge >= 0.3 is 5.97 Å². The van der Waals surface area contributed by atoms with Gasteiger partial charge in [-0.05, 0) is 36.8 Å². The molecule has 5 heteroatoms. The fraction of sp³-hybridized carbons (Fsp3) is 0.143. The van der Waals surface area contributed by atoms with E-state index in [-0.39, 0.29) is 11.7 Å². The molecule has 0 aliphatic heterocycles. The molecule has 2 N–H and O–H groups in total. The zero-order chi connectivity index (χ0) is 13.8. The number of hydrogen-bond donors (Lipinski definition) is 2. The molecule has 0 amide bonds. The number of halogens is 1. The van der Waals surface area contributed by atoms with Crippen molar-refractivity contribution in [2.45, 2.75) is 13.0 Å². The third-order valence-corrected chi connectivity index (χ3v) is 3.23. The van der Waals surface area contributed by atoms with Crippen molar-refractivity contribution < 1.29 is 9.90 Å². The number of aromatic carboxylic acids is 1. The second-order valence-electron chi connectivity index (χ2n) is 4.13. The number of carbonyl (C=O) groups is 1. The van der Waals surface area contributed by atoms with E-state index in [0.717, 1.165) is 10.0 Å². The zero-order valence-corrected chi connectivity index (χ0v) is 11.9. The lowest BCUT2D eigenvalue weighted by atomic mass is 10.1. The predicted molar refractivity (Wildman–Crippen MR) is 77.4 cm³/mol. The second-order valence-corrected chi connectivity index (χ2v) is 5.05. The van der Waals surface area contributed by atoms with Gasteiger partial charge in [-0.1, -0.05) is 34.1 Å². The van der Waals surface area contributed by atoms with Crippen LogP contribution in [0.5, 0.6) is 0 Å². The van der Waals surface area contributed by atoms with E-state index in [9.17, 15) is 4.79 Å². The summed E-state index contributed by atoms with van der Waals surface area (Å²) in [5.74, 6) is -0.477. The first-order valence-corrected chi connectivity index (χ1v) is 6.58. The fourth-order valence-corrected chi connectivity index (χ4v) is 1.96. The molecule has 2 aromatic rings. The largest absolute Gasteiger partial charge is 0.477 e. The zero-order valence-electron chi connectivity index (χ0n) is 10.3. The van der Waals surface area contributed by atoms with Crippen molar-refractivity contribution in [3.05, 3.63) is 58.2 Å². The first-order valence-electron chi connectivity index (χ1n) is 5.78. The van der Waals surface area contributed by atoms with Crippen LogP contribution in [0, 0.1) is 0 Å². The maximum atomic E-state index is 10.9. The smallest absolute Gasteiger partial charge is 0.354 e. The number of rotatable bonds is 4. The molecule has 4 nitrogen and oxygen atoms in total. The van der Waals surface area contributed by atoms with Crippen LogP contribution in [0.25, 0.3) is 0 Å². The van der Waals surface area contributed by atoms with Crippen LogP contribution >= 0.6 is 15.9 Å². The Morgan fingerprint density at radius 1 is 1.26 bits per heavy atom. The molecule has 0 radical (unpaired) electrons. The van der Waals surface area contributed by atoms with E-state index in [1.54, 1.807) is 12.1 Å². The molecular formula is C14H13BrN2O2. The fourth-order valence-electron chi connectivity index (χ4n) is 1.69. The summed E-state index contributed by atoms with van der Waals surface area (Å²) >= 11 is 3.39. The highest BCUT2D eigenvalue weighted by atomic mass is 79.9. The second kappa shape index (κ2) is 5.84. The molecule has 1 atom stereocenters. The molecule has 1 aromatic carbocycles. The van der Waals surface area contributed by atoms with Crippen LogP contribution < -0.4 is 5.32 Å². The van der Waals surface area contributed by atoms with Crippen LogP contribution in [-0.4, -0.2) is 16.1 Å². The molecule has 0 aliphatic carbocycles. The van der Waals surface area contributed by atoms with Crippen LogP contribution in [0.4, 0.5) is 5.82 Å². The molecule has 1 heterocycles. The number of anilines is 1. The van der Waals surface area contributed by atoms with Crippen molar-refractivity contribution in [1.82, 2.24) is 4.98 Å². The topological polar surface area (TPSA) is 62.2 Å². The van der Waals surface area contributed by atoms with Gasteiger partial charge in [0.05, 0.1) is 0 Å². The van der Waals surface area contributed by atoms with Gasteiger partial charge in [0.25, 0.3) is 0 Å². The highest BCUT2D eigenvalue weighted by Crippen LogP contribution is 2.20. The lowest BCUT2D eigenvalue weighted by Gasteiger charge is -2.15. The van der Waals surface area contributed by atoms with Crippen molar-refractivity contribution in [3.8, 4) is 0 Å². The number of pyridine rings is 1. The SMILES string of the molecule is CC(Nc1cccc(C(=O)O)n1)c1ccc(Br)cc1. The van der Waals surface area contributed by atoms with E-state index < -0.39 is 5.97 Å². The maximum absolute atomic E-state index is 10.9. The number of carboxylic acid groups (broad SMARTS) is 1. The van der Waals surface area contributed by atoms with Gasteiger partial charge in [-0.25, -0.2) is 9.78 Å². The molecular weight excluding hydrogens is 308 g/mol. The lowest BCUT2D eigenvalue weighted by molar-refractivity contribution is 0.0690. The molecule has 0 saturated carbocycles. The normalized spacial score (nSPS) is 11.9. The minimum absolute atomic E-state index is 0.0352. The number of hydrogen-bond acceptors (Lipinski definition) is 3. The third-order valence-electron chi connectivity index (χ3n) is 2.70. The maximum Gasteiger partial charge on any atom is 0.354 e. The van der Waals surface area contributed by atoms with Gasteiger partial charge in [-0.15, -0.1) is 0 Å². The van der Waals surface area contributed by atoms with Gasteiger partial charge in [0.2, 0.25) is 0 Å². The first kappa shape index (κ1) is 13.5. The average molecular weight is 321 g/mol. The first-order chi connectivity index (χ1) is 9.06. The molecule has 1 unspecified atom stereocenters. The van der Waals surface area contributed by atoms with Crippen molar-refractivity contribution in [2.75, 3.05) is 5.32 Å². The van der Waals surface area contributed by atoms with Crippen LogP contribution in [0.2, 0.25) is 0 Å². The Labute approximate surface area is 119 Å². The number of nitrogens with zero attached hydrogens (tertiary/aromatic N) is 1. The van der Waals surface area contributed by atoms with Gasteiger partial charge in [-0.3, -0.25) is 0 Å². The minimum atomic E-state index is -1.03. The van der Waals surface area contributed by atoms with Crippen molar-refractivity contribution in [3.63, 3.8) is 0 Å². The molecule has 0 aliphatic rings. The van der Waals surface area contributed by atoms with Gasteiger partial charge in [0, 0.05) is 10.5 Å². The Kier molecular flexibility index (Phi) is 4.16. The highest BCUT2D eigenvalue weighted by Gasteiger charge is 2.08. The van der Waals surface area contributed by atoms with Crippen LogP contribution in [-0.2, 0) is 0 Å². The third kappa shape index (κ3) is 3.54. The van der Waals surface area contributed by atoms with Gasteiger partial charge < -0.3 is 10.4 Å². The molecule has 0 bridgehead atoms. The van der Waals surface area contributed by atoms with Gasteiger partial charge in [0.1, 0.15) is 5.82 Å². The van der Waals surface area contributed by atoms with Gasteiger partial charge in [0.15, 0.2) is 5.69 Å². The van der Waals surface area contributed by atoms with Gasteiger partial charge in [-0.2, -0.15) is 0 Å². The number of nitrogens with one attached hydrogen (secondary N) is 1. The number of aromatic nitrogens is 1. The van der Waals surface area contributed by atoms with E-state index in [1.165, 1.54) is 6.07 Å². The van der Waals surface area contributed by atoms with E-state index in [1.807, 2.05) is 31.2 Å². The number of benzene rings is 1. The molecule has 1 aromatic heterocycles. The summed E-state index contributed by atoms with van der Waals surface area (Å²) in [7, 11) is 0. The Morgan fingerprint density at radius 3 is 2.58 bits per heavy atom. The number of carboxylic acids is 1. The monoisotopic (exact) mass is 320 g/mol. The summed E-state index contributed by atoms with van der Waals surface area (Å²) in [5, 5.41) is 12.1. The molecule has 98 valence electrons. The Hall–Kier alpha value is -1.88. The Morgan fingerprint density at radius 2 is 1.95 bits per heavy atom. The van der Waals surface area contributed by atoms with Crippen LogP contribution in [0.3, 0.4) is 0 Å². The highest BCUT2D eigenvalue weighted by molar-refractivity contribution is 9.10. The quantitative estimate of drug-likeness (QED) is 0.901. The van der Waals surface area contributed by atoms with Crippen molar-refractivity contribution in [1.29, 1.82) is 0 Å². The molecule has 0 saturated heterocycles. The van der Waals surface area contributed by atoms with E-state index in [4.69, 9.17) is 5.11 Å². The van der Waals surface area contributed by atoms with Crippen LogP contribution in [0.15, 0.2) is 46.9 Å². The average Bonchev–Trinajstić information content (AvgIpc) is 2.39. The standard InChI is InChI=1S/C14H13BrN2O2/c1-9(10-5-7-11(15)8-6-10)16-13-4-2-3-12(17-13)14(18)19/h2-9H,1H3,(H,16,17)(H,18,19). The molecule has 0 spiro atoms. The summed E-state index contributed by atoms with van der Waals surface area (Å²) < 4.78 is 1.02. The van der Waals surface area contributed by atoms with E-state index in [2.05, 4.69) is 26.2 Å².